The van der Waals surface area contributed by atoms with Gasteiger partial charge in [0.1, 0.15) is 6.61 Å². The van der Waals surface area contributed by atoms with Crippen LogP contribution in [0.3, 0.4) is 0 Å². The van der Waals surface area contributed by atoms with Gasteiger partial charge in [-0.15, -0.1) is 10.2 Å². The summed E-state index contributed by atoms with van der Waals surface area (Å²) in [6, 6.07) is 15.6. The van der Waals surface area contributed by atoms with Crippen molar-refractivity contribution in [1.29, 1.82) is 0 Å². The maximum absolute atomic E-state index is 12.6. The lowest BCUT2D eigenvalue weighted by molar-refractivity contribution is -0.128. The summed E-state index contributed by atoms with van der Waals surface area (Å²) >= 11 is 1.23. The molecule has 0 bridgehead atoms. The topological polar surface area (TPSA) is 80.9 Å². The molecule has 1 atom stereocenters. The van der Waals surface area contributed by atoms with Crippen molar-refractivity contribution in [1.82, 2.24) is 15.1 Å². The Hall–Kier alpha value is -3.20. The van der Waals surface area contributed by atoms with Crippen LogP contribution in [0.4, 0.5) is 5.69 Å². The zero-order valence-electron chi connectivity index (χ0n) is 19.1. The zero-order chi connectivity index (χ0) is 23.2. The normalized spacial score (nSPS) is 14.7. The van der Waals surface area contributed by atoms with E-state index < -0.39 is 0 Å². The molecule has 2 heterocycles. The van der Waals surface area contributed by atoms with Crippen LogP contribution >= 0.6 is 11.8 Å². The minimum atomic E-state index is -0.215. The predicted octanol–water partition coefficient (Wildman–Crippen LogP) is 3.97. The Kier molecular flexibility index (Phi) is 7.39. The van der Waals surface area contributed by atoms with Gasteiger partial charge in [-0.25, -0.2) is 0 Å². The highest BCUT2D eigenvalue weighted by Gasteiger charge is 2.24. The first-order chi connectivity index (χ1) is 16.1. The predicted molar refractivity (Wildman–Crippen MR) is 128 cm³/mol. The SMILES string of the molecule is CCN(CC)c1ccc(-c2nnc(SCC(=O)N(C)C[C@@H]3COc4ccccc4O3)o2)cc1. The summed E-state index contributed by atoms with van der Waals surface area (Å²) in [5.41, 5.74) is 2.01. The number of anilines is 1. The van der Waals surface area contributed by atoms with Crippen molar-refractivity contribution in [3.05, 3.63) is 48.5 Å². The summed E-state index contributed by atoms with van der Waals surface area (Å²) in [7, 11) is 1.75. The van der Waals surface area contributed by atoms with Crippen LogP contribution in [0.5, 0.6) is 11.5 Å². The highest BCUT2D eigenvalue weighted by molar-refractivity contribution is 7.99. The second-order valence-electron chi connectivity index (χ2n) is 7.65. The van der Waals surface area contributed by atoms with Crippen molar-refractivity contribution in [3.63, 3.8) is 0 Å². The van der Waals surface area contributed by atoms with Gasteiger partial charge in [-0.3, -0.25) is 4.79 Å². The van der Waals surface area contributed by atoms with Crippen LogP contribution in [0.25, 0.3) is 11.5 Å². The Balaban J connectivity index is 1.28. The van der Waals surface area contributed by atoms with Gasteiger partial charge in [0.05, 0.1) is 12.3 Å². The number of amides is 1. The van der Waals surface area contributed by atoms with Crippen molar-refractivity contribution < 1.29 is 18.7 Å². The summed E-state index contributed by atoms with van der Waals surface area (Å²) in [5, 5.41) is 8.57. The Morgan fingerprint density at radius 2 is 1.79 bits per heavy atom. The molecule has 0 fully saturated rings. The number of hydrogen-bond acceptors (Lipinski definition) is 8. The second kappa shape index (κ2) is 10.6. The van der Waals surface area contributed by atoms with Crippen LogP contribution in [0.15, 0.2) is 58.2 Å². The number of aromatic nitrogens is 2. The molecule has 0 aliphatic carbocycles. The first-order valence-corrected chi connectivity index (χ1v) is 12.0. The number of ether oxygens (including phenoxy) is 2. The van der Waals surface area contributed by atoms with Gasteiger partial charge in [0.2, 0.25) is 11.8 Å². The van der Waals surface area contributed by atoms with E-state index in [0.717, 1.165) is 30.1 Å². The molecule has 0 radical (unpaired) electrons. The molecule has 0 N–H and O–H groups in total. The lowest BCUT2D eigenvalue weighted by Gasteiger charge is -2.29. The molecule has 0 saturated heterocycles. The Bertz CT molecular complexity index is 1070. The van der Waals surface area contributed by atoms with Crippen LogP contribution in [0.1, 0.15) is 13.8 Å². The van der Waals surface area contributed by atoms with Gasteiger partial charge >= 0.3 is 0 Å². The van der Waals surface area contributed by atoms with E-state index in [1.807, 2.05) is 48.5 Å². The molecule has 0 unspecified atom stereocenters. The molecule has 0 spiro atoms. The molecular formula is C24H28N4O4S. The number of likely N-dealkylation sites (N-methyl/N-ethyl adjacent to an activating group) is 1. The number of nitrogens with zero attached hydrogens (tertiary/aromatic N) is 4. The minimum Gasteiger partial charge on any atom is -0.486 e. The van der Waals surface area contributed by atoms with Crippen molar-refractivity contribution in [3.8, 4) is 23.0 Å². The lowest BCUT2D eigenvalue weighted by Crippen LogP contribution is -2.42. The van der Waals surface area contributed by atoms with Gasteiger partial charge in [0.25, 0.3) is 5.22 Å². The van der Waals surface area contributed by atoms with Crippen molar-refractivity contribution in [2.45, 2.75) is 25.2 Å². The van der Waals surface area contributed by atoms with E-state index in [2.05, 4.69) is 28.9 Å². The molecule has 1 aliphatic heterocycles. The van der Waals surface area contributed by atoms with Crippen molar-refractivity contribution >= 4 is 23.4 Å². The van der Waals surface area contributed by atoms with Crippen LogP contribution < -0.4 is 14.4 Å². The lowest BCUT2D eigenvalue weighted by atomic mass is 10.2. The van der Waals surface area contributed by atoms with E-state index in [9.17, 15) is 4.79 Å². The third kappa shape index (κ3) is 5.60. The van der Waals surface area contributed by atoms with E-state index in [0.29, 0.717) is 30.0 Å². The molecule has 3 aromatic rings. The highest BCUT2D eigenvalue weighted by atomic mass is 32.2. The second-order valence-corrected chi connectivity index (χ2v) is 8.58. The number of hydrogen-bond donors (Lipinski definition) is 0. The van der Waals surface area contributed by atoms with E-state index >= 15 is 0 Å². The molecular weight excluding hydrogens is 440 g/mol. The molecule has 1 amide bonds. The van der Waals surface area contributed by atoms with Gasteiger partial charge < -0.3 is 23.7 Å². The van der Waals surface area contributed by atoms with E-state index in [1.54, 1.807) is 11.9 Å². The summed E-state index contributed by atoms with van der Waals surface area (Å²) in [6.45, 7) is 7.00. The first kappa shape index (κ1) is 23.0. The van der Waals surface area contributed by atoms with E-state index in [1.165, 1.54) is 11.8 Å². The van der Waals surface area contributed by atoms with E-state index in [4.69, 9.17) is 13.9 Å². The summed E-state index contributed by atoms with van der Waals surface area (Å²) in [6.07, 6.45) is -0.215. The third-order valence-corrected chi connectivity index (χ3v) is 6.24. The highest BCUT2D eigenvalue weighted by Crippen LogP contribution is 2.31. The van der Waals surface area contributed by atoms with Gasteiger partial charge in [-0.05, 0) is 50.2 Å². The van der Waals surface area contributed by atoms with Crippen LogP contribution in [-0.4, -0.2) is 66.2 Å². The first-order valence-electron chi connectivity index (χ1n) is 11.0. The van der Waals surface area contributed by atoms with Crippen molar-refractivity contribution in [2.24, 2.45) is 0 Å². The number of thioether (sulfide) groups is 1. The van der Waals surface area contributed by atoms with Crippen LogP contribution in [-0.2, 0) is 4.79 Å². The molecule has 0 saturated carbocycles. The summed E-state index contributed by atoms with van der Waals surface area (Å²) < 4.78 is 17.4. The van der Waals surface area contributed by atoms with Crippen LogP contribution in [0.2, 0.25) is 0 Å². The van der Waals surface area contributed by atoms with Crippen molar-refractivity contribution in [2.75, 3.05) is 43.9 Å². The van der Waals surface area contributed by atoms with Crippen LogP contribution in [0, 0.1) is 0 Å². The van der Waals surface area contributed by atoms with Gasteiger partial charge in [0.15, 0.2) is 17.6 Å². The molecule has 1 aromatic heterocycles. The third-order valence-electron chi connectivity index (χ3n) is 5.44. The average Bonchev–Trinajstić information content (AvgIpc) is 3.33. The number of carbonyl (C=O) groups is 1. The molecule has 4 rings (SSSR count). The molecule has 174 valence electrons. The number of benzene rings is 2. The number of fused-ring (bicyclic) bond motifs is 1. The Labute approximate surface area is 197 Å². The number of para-hydroxylation sites is 2. The fourth-order valence-electron chi connectivity index (χ4n) is 3.58. The molecule has 33 heavy (non-hydrogen) atoms. The van der Waals surface area contributed by atoms with Gasteiger partial charge in [-0.1, -0.05) is 23.9 Å². The zero-order valence-corrected chi connectivity index (χ0v) is 19.9. The monoisotopic (exact) mass is 468 g/mol. The van der Waals surface area contributed by atoms with E-state index in [-0.39, 0.29) is 17.8 Å². The smallest absolute Gasteiger partial charge is 0.277 e. The Morgan fingerprint density at radius 3 is 2.52 bits per heavy atom. The number of carbonyl (C=O) groups excluding carboxylic acids is 1. The summed E-state index contributed by atoms with van der Waals surface area (Å²) in [4.78, 5) is 16.5. The molecule has 1 aliphatic rings. The van der Waals surface area contributed by atoms with Gasteiger partial charge in [-0.2, -0.15) is 0 Å². The average molecular weight is 469 g/mol. The largest absolute Gasteiger partial charge is 0.486 e. The summed E-state index contributed by atoms with van der Waals surface area (Å²) in [5.74, 6) is 2.02. The molecule has 9 heteroatoms. The fourth-order valence-corrected chi connectivity index (χ4v) is 4.29. The maximum atomic E-state index is 12.6. The molecule has 8 nitrogen and oxygen atoms in total. The van der Waals surface area contributed by atoms with Gasteiger partial charge in [0, 0.05) is 31.4 Å². The minimum absolute atomic E-state index is 0.0502. The molecule has 2 aromatic carbocycles. The number of rotatable bonds is 9. The maximum Gasteiger partial charge on any atom is 0.277 e. The quantitative estimate of drug-likeness (QED) is 0.437. The fraction of sp³-hybridized carbons (Fsp3) is 0.375. The standard InChI is InChI=1S/C24H28N4O4S/c1-4-28(5-2)18-12-10-17(11-13-18)23-25-26-24(32-23)33-16-22(29)27(3)14-19-15-30-20-8-6-7-9-21(20)31-19/h6-13,19H,4-5,14-16H2,1-3H3/t19-/m1/s1. The Morgan fingerprint density at radius 1 is 1.06 bits per heavy atom.